The molecule has 1 aliphatic heterocycles. The van der Waals surface area contributed by atoms with E-state index in [2.05, 4.69) is 56.4 Å². The number of hydrogen-bond donors (Lipinski definition) is 0. The van der Waals surface area contributed by atoms with Crippen LogP contribution >= 0.6 is 0 Å². The van der Waals surface area contributed by atoms with Gasteiger partial charge in [-0.05, 0) is 42.3 Å². The molecular formula is C24H21N5O2. The van der Waals surface area contributed by atoms with Gasteiger partial charge in [-0.15, -0.1) is 0 Å². The van der Waals surface area contributed by atoms with Crippen LogP contribution in [0, 0.1) is 5.92 Å². The Balaban J connectivity index is 1.29. The Bertz CT molecular complexity index is 1280. The average molecular weight is 411 g/mol. The Labute approximate surface area is 178 Å². The summed E-state index contributed by atoms with van der Waals surface area (Å²) in [6, 6.07) is 14.4. The van der Waals surface area contributed by atoms with Gasteiger partial charge in [-0.3, -0.25) is 4.98 Å². The Kier molecular flexibility index (Phi) is 4.37. The summed E-state index contributed by atoms with van der Waals surface area (Å²) in [5.74, 6) is 2.90. The highest BCUT2D eigenvalue weighted by atomic mass is 16.5. The lowest BCUT2D eigenvalue weighted by atomic mass is 9.82. The van der Waals surface area contributed by atoms with Gasteiger partial charge in [0.15, 0.2) is 5.82 Å². The van der Waals surface area contributed by atoms with E-state index in [-0.39, 0.29) is 5.92 Å². The summed E-state index contributed by atoms with van der Waals surface area (Å²) in [6.45, 7) is 1.84. The maximum absolute atomic E-state index is 6.19. The average Bonchev–Trinajstić information content (AvgIpc) is 3.50. The van der Waals surface area contributed by atoms with Gasteiger partial charge in [0.1, 0.15) is 17.2 Å². The predicted octanol–water partition coefficient (Wildman–Crippen LogP) is 4.81. The summed E-state index contributed by atoms with van der Waals surface area (Å²) < 4.78 is 11.3. The maximum atomic E-state index is 6.19. The number of pyridine rings is 2. The molecule has 1 unspecified atom stereocenters. The van der Waals surface area contributed by atoms with E-state index in [9.17, 15) is 0 Å². The minimum Gasteiger partial charge on any atom is -0.460 e. The zero-order chi connectivity index (χ0) is 20.6. The standard InChI is InChI=1S/C24H21N5O2/c1-2-4-19-16(3-1)5-10-26-24(19)29-11-7-17(8-12-29)22(23-27-15-30-28-23)21-13-18-14-25-9-6-20(18)31-21/h1-6,9-10,13-15,17,22H,7-8,11-12H2. The minimum absolute atomic E-state index is 0.0474. The number of nitrogens with zero attached hydrogens (tertiary/aromatic N) is 5. The van der Waals surface area contributed by atoms with Gasteiger partial charge in [-0.25, -0.2) is 4.98 Å². The first-order chi connectivity index (χ1) is 15.4. The van der Waals surface area contributed by atoms with Crippen LogP contribution in [0.5, 0.6) is 0 Å². The van der Waals surface area contributed by atoms with Crippen molar-refractivity contribution < 1.29 is 8.94 Å². The third-order valence-electron chi connectivity index (χ3n) is 6.26. The van der Waals surface area contributed by atoms with E-state index < -0.39 is 0 Å². The van der Waals surface area contributed by atoms with E-state index in [4.69, 9.17) is 13.9 Å². The number of anilines is 1. The molecule has 7 nitrogen and oxygen atoms in total. The van der Waals surface area contributed by atoms with Crippen molar-refractivity contribution in [1.82, 2.24) is 20.1 Å². The van der Waals surface area contributed by atoms with Crippen LogP contribution in [-0.2, 0) is 0 Å². The van der Waals surface area contributed by atoms with E-state index in [0.29, 0.717) is 11.7 Å². The molecule has 154 valence electrons. The van der Waals surface area contributed by atoms with E-state index in [1.165, 1.54) is 17.2 Å². The SMILES string of the molecule is c1ccc2c(N3CCC(C(c4ncon4)c4cc5cnccc5o4)CC3)nccc2c1. The Hall–Kier alpha value is -3.74. The molecule has 1 fully saturated rings. The Morgan fingerprint density at radius 1 is 0.968 bits per heavy atom. The highest BCUT2D eigenvalue weighted by molar-refractivity contribution is 5.92. The topological polar surface area (TPSA) is 81.1 Å². The van der Waals surface area contributed by atoms with Crippen LogP contribution in [0.1, 0.15) is 30.3 Å². The monoisotopic (exact) mass is 411 g/mol. The third-order valence-corrected chi connectivity index (χ3v) is 6.26. The molecule has 0 bridgehead atoms. The third kappa shape index (κ3) is 3.22. The lowest BCUT2D eigenvalue weighted by Gasteiger charge is -2.35. The van der Waals surface area contributed by atoms with Crippen molar-refractivity contribution in [2.24, 2.45) is 5.92 Å². The van der Waals surface area contributed by atoms with Gasteiger partial charge < -0.3 is 13.8 Å². The molecular weight excluding hydrogens is 390 g/mol. The van der Waals surface area contributed by atoms with E-state index in [0.717, 1.165) is 48.5 Å². The molecule has 1 aliphatic rings. The summed E-state index contributed by atoms with van der Waals surface area (Å²) in [7, 11) is 0. The lowest BCUT2D eigenvalue weighted by Crippen LogP contribution is -2.36. The molecule has 0 N–H and O–H groups in total. The van der Waals surface area contributed by atoms with Crippen molar-refractivity contribution in [3.63, 3.8) is 0 Å². The minimum atomic E-state index is -0.0474. The number of furan rings is 1. The highest BCUT2D eigenvalue weighted by Crippen LogP contribution is 2.39. The van der Waals surface area contributed by atoms with Crippen LogP contribution in [0.15, 0.2) is 76.4 Å². The molecule has 31 heavy (non-hydrogen) atoms. The summed E-state index contributed by atoms with van der Waals surface area (Å²) >= 11 is 0. The normalized spacial score (nSPS) is 16.2. The number of aromatic nitrogens is 4. The second-order valence-corrected chi connectivity index (χ2v) is 8.01. The van der Waals surface area contributed by atoms with E-state index in [1.807, 2.05) is 18.5 Å². The van der Waals surface area contributed by atoms with Crippen molar-refractivity contribution in [3.8, 4) is 0 Å². The number of hydrogen-bond acceptors (Lipinski definition) is 7. The fraction of sp³-hybridized carbons (Fsp3) is 0.250. The molecule has 0 radical (unpaired) electrons. The fourth-order valence-electron chi connectivity index (χ4n) is 4.74. The van der Waals surface area contributed by atoms with Gasteiger partial charge in [0.2, 0.25) is 6.39 Å². The van der Waals surface area contributed by atoms with Crippen LogP contribution in [0.25, 0.3) is 21.7 Å². The molecule has 1 aromatic carbocycles. The van der Waals surface area contributed by atoms with Gasteiger partial charge in [0, 0.05) is 42.5 Å². The molecule has 4 aromatic heterocycles. The lowest BCUT2D eigenvalue weighted by molar-refractivity contribution is 0.318. The number of fused-ring (bicyclic) bond motifs is 2. The molecule has 0 amide bonds. The molecule has 0 aliphatic carbocycles. The zero-order valence-electron chi connectivity index (χ0n) is 16.9. The van der Waals surface area contributed by atoms with E-state index in [1.54, 1.807) is 6.20 Å². The smallest absolute Gasteiger partial charge is 0.213 e. The molecule has 1 atom stereocenters. The summed E-state index contributed by atoms with van der Waals surface area (Å²) in [4.78, 5) is 15.7. The van der Waals surface area contributed by atoms with Crippen LogP contribution < -0.4 is 4.90 Å². The van der Waals surface area contributed by atoms with E-state index >= 15 is 0 Å². The maximum Gasteiger partial charge on any atom is 0.213 e. The molecule has 0 saturated carbocycles. The second kappa shape index (κ2) is 7.50. The summed E-state index contributed by atoms with van der Waals surface area (Å²) in [6.07, 6.45) is 8.83. The molecule has 0 spiro atoms. The number of rotatable bonds is 4. The van der Waals surface area contributed by atoms with Crippen LogP contribution in [0.4, 0.5) is 5.82 Å². The molecule has 5 heterocycles. The molecule has 5 aromatic rings. The summed E-state index contributed by atoms with van der Waals surface area (Å²) in [5.41, 5.74) is 0.830. The van der Waals surface area contributed by atoms with Crippen molar-refractivity contribution in [2.75, 3.05) is 18.0 Å². The van der Waals surface area contributed by atoms with Gasteiger partial charge in [0.05, 0.1) is 5.92 Å². The Morgan fingerprint density at radius 3 is 2.71 bits per heavy atom. The Morgan fingerprint density at radius 2 is 1.87 bits per heavy atom. The van der Waals surface area contributed by atoms with Crippen molar-refractivity contribution in [3.05, 3.63) is 79.0 Å². The van der Waals surface area contributed by atoms with Crippen LogP contribution in [-0.4, -0.2) is 33.2 Å². The number of piperidine rings is 1. The van der Waals surface area contributed by atoms with Crippen molar-refractivity contribution in [1.29, 1.82) is 0 Å². The zero-order valence-corrected chi connectivity index (χ0v) is 16.9. The van der Waals surface area contributed by atoms with Gasteiger partial charge in [-0.1, -0.05) is 29.4 Å². The number of benzene rings is 1. The highest BCUT2D eigenvalue weighted by Gasteiger charge is 2.34. The van der Waals surface area contributed by atoms with Crippen LogP contribution in [0.2, 0.25) is 0 Å². The quantitative estimate of drug-likeness (QED) is 0.420. The molecule has 1 saturated heterocycles. The van der Waals surface area contributed by atoms with Gasteiger partial charge in [0.25, 0.3) is 0 Å². The predicted molar refractivity (Wildman–Crippen MR) is 117 cm³/mol. The van der Waals surface area contributed by atoms with Crippen molar-refractivity contribution in [2.45, 2.75) is 18.8 Å². The van der Waals surface area contributed by atoms with Gasteiger partial charge >= 0.3 is 0 Å². The first kappa shape index (κ1) is 18.1. The summed E-state index contributed by atoms with van der Waals surface area (Å²) in [5, 5.41) is 7.57. The first-order valence-electron chi connectivity index (χ1n) is 10.6. The van der Waals surface area contributed by atoms with Crippen LogP contribution in [0.3, 0.4) is 0 Å². The second-order valence-electron chi connectivity index (χ2n) is 8.01. The largest absolute Gasteiger partial charge is 0.460 e. The fourth-order valence-corrected chi connectivity index (χ4v) is 4.74. The molecule has 7 heteroatoms. The van der Waals surface area contributed by atoms with Gasteiger partial charge in [-0.2, -0.15) is 4.98 Å². The van der Waals surface area contributed by atoms with Crippen molar-refractivity contribution >= 4 is 27.6 Å². The first-order valence-corrected chi connectivity index (χ1v) is 10.6. The molecule has 6 rings (SSSR count).